The second kappa shape index (κ2) is 6.18. The molecule has 1 aromatic rings. The van der Waals surface area contributed by atoms with Crippen molar-refractivity contribution in [1.82, 2.24) is 0 Å². The molecule has 0 N–H and O–H groups in total. The van der Waals surface area contributed by atoms with Crippen LogP contribution in [0.25, 0.3) is 6.08 Å². The normalized spacial score (nSPS) is 10.4. The smallest absolute Gasteiger partial charge is 0.330 e. The third-order valence-corrected chi connectivity index (χ3v) is 2.30. The van der Waals surface area contributed by atoms with Crippen LogP contribution in [0.3, 0.4) is 0 Å². The van der Waals surface area contributed by atoms with Gasteiger partial charge in [-0.3, -0.25) is 0 Å². The Morgan fingerprint density at radius 1 is 1.50 bits per heavy atom. The van der Waals surface area contributed by atoms with E-state index in [4.69, 9.17) is 21.1 Å². The van der Waals surface area contributed by atoms with Crippen molar-refractivity contribution < 1.29 is 14.3 Å². The average Bonchev–Trinajstić information content (AvgIpc) is 2.28. The zero-order valence-corrected chi connectivity index (χ0v) is 9.95. The van der Waals surface area contributed by atoms with Gasteiger partial charge in [0.15, 0.2) is 0 Å². The molecular weight excluding hydrogens is 228 g/mol. The zero-order chi connectivity index (χ0) is 12.0. The molecule has 0 aliphatic heterocycles. The number of carbonyl (C=O) groups excluding carboxylic acids is 1. The number of benzene rings is 1. The number of carbonyl (C=O) groups is 1. The van der Waals surface area contributed by atoms with Gasteiger partial charge in [0.05, 0.1) is 18.7 Å². The van der Waals surface area contributed by atoms with Crippen LogP contribution in [0.1, 0.15) is 12.5 Å². The maximum Gasteiger partial charge on any atom is 0.330 e. The number of hydrogen-bond acceptors (Lipinski definition) is 3. The van der Waals surface area contributed by atoms with Gasteiger partial charge >= 0.3 is 5.97 Å². The highest BCUT2D eigenvalue weighted by atomic mass is 35.5. The lowest BCUT2D eigenvalue weighted by Crippen LogP contribution is -1.98. The van der Waals surface area contributed by atoms with E-state index in [9.17, 15) is 4.79 Å². The van der Waals surface area contributed by atoms with E-state index in [-0.39, 0.29) is 5.97 Å². The molecule has 0 saturated carbocycles. The average molecular weight is 241 g/mol. The second-order valence-corrected chi connectivity index (χ2v) is 3.33. The van der Waals surface area contributed by atoms with Crippen LogP contribution >= 0.6 is 11.6 Å². The molecule has 0 amide bonds. The predicted molar refractivity (Wildman–Crippen MR) is 63.7 cm³/mol. The van der Waals surface area contributed by atoms with Gasteiger partial charge in [-0.25, -0.2) is 4.79 Å². The Bertz CT molecular complexity index is 399. The summed E-state index contributed by atoms with van der Waals surface area (Å²) in [5.41, 5.74) is 0.717. The van der Waals surface area contributed by atoms with Gasteiger partial charge in [-0.05, 0) is 24.6 Å². The summed E-state index contributed by atoms with van der Waals surface area (Å²) in [6.45, 7) is 2.11. The summed E-state index contributed by atoms with van der Waals surface area (Å²) < 4.78 is 9.82. The Morgan fingerprint density at radius 3 is 2.88 bits per heavy atom. The molecular formula is C12H13ClO3. The van der Waals surface area contributed by atoms with Gasteiger partial charge in [0, 0.05) is 6.08 Å². The monoisotopic (exact) mass is 240 g/mol. The highest BCUT2D eigenvalue weighted by molar-refractivity contribution is 6.33. The molecule has 86 valence electrons. The fourth-order valence-electron chi connectivity index (χ4n) is 1.16. The van der Waals surface area contributed by atoms with E-state index in [1.165, 1.54) is 6.08 Å². The predicted octanol–water partition coefficient (Wildman–Crippen LogP) is 2.92. The van der Waals surface area contributed by atoms with Gasteiger partial charge in [-0.1, -0.05) is 23.7 Å². The molecule has 0 saturated heterocycles. The van der Waals surface area contributed by atoms with Crippen molar-refractivity contribution in [2.75, 3.05) is 13.7 Å². The van der Waals surface area contributed by atoms with Gasteiger partial charge in [0.1, 0.15) is 5.75 Å². The highest BCUT2D eigenvalue weighted by Crippen LogP contribution is 2.28. The molecule has 0 spiro atoms. The number of esters is 1. The van der Waals surface area contributed by atoms with E-state index in [2.05, 4.69) is 0 Å². The molecule has 1 aromatic carbocycles. The first-order valence-electron chi connectivity index (χ1n) is 4.86. The Kier molecular flexibility index (Phi) is 4.86. The Hall–Kier alpha value is -1.48. The number of hydrogen-bond donors (Lipinski definition) is 0. The number of halogens is 1. The van der Waals surface area contributed by atoms with E-state index in [1.54, 1.807) is 38.3 Å². The number of methoxy groups -OCH3 is 1. The van der Waals surface area contributed by atoms with Crippen LogP contribution in [0, 0.1) is 0 Å². The first-order valence-corrected chi connectivity index (χ1v) is 5.24. The maximum absolute atomic E-state index is 11.1. The van der Waals surface area contributed by atoms with Crippen LogP contribution in [0.15, 0.2) is 24.3 Å². The van der Waals surface area contributed by atoms with Gasteiger partial charge in [-0.15, -0.1) is 0 Å². The number of rotatable bonds is 4. The van der Waals surface area contributed by atoms with E-state index in [0.717, 1.165) is 0 Å². The van der Waals surface area contributed by atoms with Crippen molar-refractivity contribution in [3.8, 4) is 5.75 Å². The lowest BCUT2D eigenvalue weighted by atomic mass is 10.2. The van der Waals surface area contributed by atoms with E-state index < -0.39 is 0 Å². The van der Waals surface area contributed by atoms with Crippen LogP contribution < -0.4 is 4.74 Å². The molecule has 0 aliphatic carbocycles. The molecule has 0 aromatic heterocycles. The molecule has 0 atom stereocenters. The third kappa shape index (κ3) is 3.28. The molecule has 16 heavy (non-hydrogen) atoms. The minimum absolute atomic E-state index is 0.356. The Morgan fingerprint density at radius 2 is 2.25 bits per heavy atom. The van der Waals surface area contributed by atoms with Crippen LogP contribution in [0.5, 0.6) is 5.75 Å². The van der Waals surface area contributed by atoms with Crippen LogP contribution in [0.2, 0.25) is 5.02 Å². The second-order valence-electron chi connectivity index (χ2n) is 2.95. The summed E-state index contributed by atoms with van der Waals surface area (Å²) in [7, 11) is 1.54. The summed E-state index contributed by atoms with van der Waals surface area (Å²) in [6, 6.07) is 5.35. The molecule has 4 heteroatoms. The first kappa shape index (κ1) is 12.6. The van der Waals surface area contributed by atoms with E-state index >= 15 is 0 Å². The summed E-state index contributed by atoms with van der Waals surface area (Å²) in [5.74, 6) is 0.189. The van der Waals surface area contributed by atoms with Crippen molar-refractivity contribution in [3.63, 3.8) is 0 Å². The van der Waals surface area contributed by atoms with Crippen LogP contribution in [0.4, 0.5) is 0 Å². The summed E-state index contributed by atoms with van der Waals surface area (Å²) >= 11 is 6.04. The fraction of sp³-hybridized carbons (Fsp3) is 0.250. The molecule has 0 bridgehead atoms. The van der Waals surface area contributed by atoms with Crippen molar-refractivity contribution in [2.24, 2.45) is 0 Å². The van der Waals surface area contributed by atoms with Gasteiger partial charge in [0.2, 0.25) is 0 Å². The van der Waals surface area contributed by atoms with Crippen LogP contribution in [-0.4, -0.2) is 19.7 Å². The van der Waals surface area contributed by atoms with E-state index in [0.29, 0.717) is 22.9 Å². The zero-order valence-electron chi connectivity index (χ0n) is 9.20. The third-order valence-electron chi connectivity index (χ3n) is 1.90. The van der Waals surface area contributed by atoms with Gasteiger partial charge in [0.25, 0.3) is 0 Å². The minimum atomic E-state index is -0.388. The largest absolute Gasteiger partial charge is 0.495 e. The minimum Gasteiger partial charge on any atom is -0.495 e. The quantitative estimate of drug-likeness (QED) is 0.600. The Labute approximate surface area is 99.6 Å². The van der Waals surface area contributed by atoms with Crippen molar-refractivity contribution in [3.05, 3.63) is 34.9 Å². The Balaban J connectivity index is 2.85. The topological polar surface area (TPSA) is 35.5 Å². The summed E-state index contributed by atoms with van der Waals surface area (Å²) in [5, 5.41) is 0.477. The SMILES string of the molecule is CCOC(=O)C=Cc1cccc(OC)c1Cl. The van der Waals surface area contributed by atoms with Crippen LogP contribution in [-0.2, 0) is 9.53 Å². The van der Waals surface area contributed by atoms with Crippen molar-refractivity contribution in [2.45, 2.75) is 6.92 Å². The molecule has 1 rings (SSSR count). The van der Waals surface area contributed by atoms with Crippen molar-refractivity contribution >= 4 is 23.6 Å². The lowest BCUT2D eigenvalue weighted by Gasteiger charge is -2.04. The standard InChI is InChI=1S/C12H13ClO3/c1-3-16-11(14)8-7-9-5-4-6-10(15-2)12(9)13/h4-8H,3H2,1-2H3. The molecule has 3 nitrogen and oxygen atoms in total. The van der Waals surface area contributed by atoms with Crippen molar-refractivity contribution in [1.29, 1.82) is 0 Å². The molecule has 0 unspecified atom stereocenters. The first-order chi connectivity index (χ1) is 7.69. The lowest BCUT2D eigenvalue weighted by molar-refractivity contribution is -0.137. The molecule has 0 aliphatic rings. The fourth-order valence-corrected chi connectivity index (χ4v) is 1.43. The molecule has 0 radical (unpaired) electrons. The maximum atomic E-state index is 11.1. The number of ether oxygens (including phenoxy) is 2. The summed E-state index contributed by atoms with van der Waals surface area (Å²) in [6.07, 6.45) is 2.94. The molecule has 0 fully saturated rings. The van der Waals surface area contributed by atoms with E-state index in [1.807, 2.05) is 0 Å². The summed E-state index contributed by atoms with van der Waals surface area (Å²) in [4.78, 5) is 11.1. The van der Waals surface area contributed by atoms with Gasteiger partial charge in [-0.2, -0.15) is 0 Å². The highest BCUT2D eigenvalue weighted by Gasteiger charge is 2.03. The molecule has 0 heterocycles. The van der Waals surface area contributed by atoms with Gasteiger partial charge < -0.3 is 9.47 Å².